The highest BCUT2D eigenvalue weighted by atomic mass is 31.2. The number of carbonyl (C=O) groups excluding carboxylic acids is 2. The van der Waals surface area contributed by atoms with E-state index in [2.05, 4.69) is 26.0 Å². The molecule has 0 aromatic rings. The number of unbranched alkanes of at least 4 members (excludes halogenated alkanes) is 23. The van der Waals surface area contributed by atoms with E-state index in [0.717, 1.165) is 57.8 Å². The molecule has 0 aliphatic heterocycles. The maximum atomic E-state index is 12.8. The molecule has 6 unspecified atom stereocenters. The third kappa shape index (κ3) is 27.1. The van der Waals surface area contributed by atoms with E-state index in [4.69, 9.17) is 18.5 Å². The van der Waals surface area contributed by atoms with E-state index in [1.807, 2.05) is 0 Å². The van der Waals surface area contributed by atoms with E-state index in [0.29, 0.717) is 12.8 Å². The molecule has 0 bridgehead atoms. The molecule has 0 heterocycles. The molecule has 6 atom stereocenters. The third-order valence-electron chi connectivity index (χ3n) is 10.6. The van der Waals surface area contributed by atoms with Crippen LogP contribution in [0.15, 0.2) is 12.2 Å². The lowest BCUT2D eigenvalue weighted by Gasteiger charge is -2.41. The molecule has 0 aromatic heterocycles. The topological polar surface area (TPSA) is 210 Å². The first kappa shape index (κ1) is 53.6. The summed E-state index contributed by atoms with van der Waals surface area (Å²) < 4.78 is 33.5. The Kier molecular flexibility index (Phi) is 32.3. The summed E-state index contributed by atoms with van der Waals surface area (Å²) in [6.45, 7) is 3.28. The van der Waals surface area contributed by atoms with Gasteiger partial charge in [-0.05, 0) is 38.5 Å². The van der Waals surface area contributed by atoms with Crippen molar-refractivity contribution < 1.29 is 63.1 Å². The minimum Gasteiger partial charge on any atom is -0.462 e. The molecule has 0 amide bonds. The van der Waals surface area contributed by atoms with Crippen LogP contribution in [-0.4, -0.2) is 98.3 Å². The van der Waals surface area contributed by atoms with Crippen LogP contribution in [-0.2, 0) is 32.7 Å². The minimum absolute atomic E-state index is 0.0908. The van der Waals surface area contributed by atoms with Gasteiger partial charge < -0.3 is 39.9 Å². The number of rotatable bonds is 37. The third-order valence-corrected chi connectivity index (χ3v) is 11.6. The van der Waals surface area contributed by atoms with Gasteiger partial charge >= 0.3 is 19.8 Å². The van der Waals surface area contributed by atoms with E-state index in [1.54, 1.807) is 0 Å². The first-order valence-electron chi connectivity index (χ1n) is 22.5. The van der Waals surface area contributed by atoms with Gasteiger partial charge in [-0.1, -0.05) is 154 Å². The number of allylic oxidation sites excluding steroid dienone is 2. The number of carbonyl (C=O) groups is 2. The van der Waals surface area contributed by atoms with Crippen LogP contribution >= 0.6 is 7.82 Å². The summed E-state index contributed by atoms with van der Waals surface area (Å²) in [5.41, 5.74) is 0. The summed E-state index contributed by atoms with van der Waals surface area (Å²) in [7, 11) is -5.11. The largest absolute Gasteiger partial charge is 0.472 e. The van der Waals surface area contributed by atoms with E-state index < -0.39 is 75.7 Å². The SMILES string of the molecule is CCCCCCCCC/C=C\CCCCCCCC(=O)OC(COC(=O)CCCCCCCCCCCCCC)COP(=O)(O)OC1C(O)C(O)C(O)C(O)C1O. The lowest BCUT2D eigenvalue weighted by Crippen LogP contribution is -2.64. The van der Waals surface area contributed by atoms with Crippen LogP contribution in [0.5, 0.6) is 0 Å². The number of aliphatic hydroxyl groups excluding tert-OH is 5. The second-order valence-electron chi connectivity index (χ2n) is 15.9. The molecule has 1 aliphatic carbocycles. The predicted molar refractivity (Wildman–Crippen MR) is 221 cm³/mol. The number of phosphoric acid groups is 1. The van der Waals surface area contributed by atoms with Gasteiger partial charge in [0.15, 0.2) is 6.10 Å². The Morgan fingerprint density at radius 1 is 0.526 bits per heavy atom. The summed E-state index contributed by atoms with van der Waals surface area (Å²) >= 11 is 0. The maximum absolute atomic E-state index is 12.8. The quantitative estimate of drug-likeness (QED) is 0.0151. The Morgan fingerprint density at radius 2 is 0.895 bits per heavy atom. The highest BCUT2D eigenvalue weighted by molar-refractivity contribution is 7.47. The van der Waals surface area contributed by atoms with Crippen molar-refractivity contribution in [2.24, 2.45) is 0 Å². The molecule has 13 nitrogen and oxygen atoms in total. The zero-order valence-corrected chi connectivity index (χ0v) is 36.3. The molecule has 0 radical (unpaired) electrons. The van der Waals surface area contributed by atoms with Gasteiger partial charge in [-0.3, -0.25) is 18.6 Å². The molecule has 1 saturated carbocycles. The van der Waals surface area contributed by atoms with Crippen molar-refractivity contribution in [1.29, 1.82) is 0 Å². The fourth-order valence-corrected chi connectivity index (χ4v) is 7.90. The van der Waals surface area contributed by atoms with Gasteiger partial charge in [-0.15, -0.1) is 0 Å². The van der Waals surface area contributed by atoms with Crippen molar-refractivity contribution in [3.05, 3.63) is 12.2 Å². The summed E-state index contributed by atoms with van der Waals surface area (Å²) in [6, 6.07) is 0. The van der Waals surface area contributed by atoms with Gasteiger partial charge in [-0.25, -0.2) is 4.57 Å². The van der Waals surface area contributed by atoms with Gasteiger partial charge in [0.1, 0.15) is 43.2 Å². The first-order valence-corrected chi connectivity index (χ1v) is 24.0. The zero-order chi connectivity index (χ0) is 42.2. The summed E-state index contributed by atoms with van der Waals surface area (Å²) in [5.74, 6) is -1.10. The highest BCUT2D eigenvalue weighted by Crippen LogP contribution is 2.47. The number of aliphatic hydroxyl groups is 5. The number of hydrogen-bond donors (Lipinski definition) is 6. The van der Waals surface area contributed by atoms with Crippen molar-refractivity contribution >= 4 is 19.8 Å². The molecule has 1 fully saturated rings. The van der Waals surface area contributed by atoms with Crippen LogP contribution < -0.4 is 0 Å². The molecule has 14 heteroatoms. The van der Waals surface area contributed by atoms with Gasteiger partial charge in [0.25, 0.3) is 0 Å². The molecule has 0 aromatic carbocycles. The van der Waals surface area contributed by atoms with E-state index in [9.17, 15) is 44.6 Å². The van der Waals surface area contributed by atoms with E-state index >= 15 is 0 Å². The van der Waals surface area contributed by atoms with Crippen molar-refractivity contribution in [1.82, 2.24) is 0 Å². The maximum Gasteiger partial charge on any atom is 0.472 e. The van der Waals surface area contributed by atoms with Gasteiger partial charge in [0.2, 0.25) is 0 Å². The molecule has 0 saturated heterocycles. The zero-order valence-electron chi connectivity index (χ0n) is 35.4. The second kappa shape index (κ2) is 34.3. The van der Waals surface area contributed by atoms with Crippen LogP contribution in [0.4, 0.5) is 0 Å². The Balaban J connectivity index is 2.47. The smallest absolute Gasteiger partial charge is 0.462 e. The Morgan fingerprint density at radius 3 is 1.33 bits per heavy atom. The molecular formula is C43H81O13P. The first-order chi connectivity index (χ1) is 27.4. The average molecular weight is 837 g/mol. The highest BCUT2D eigenvalue weighted by Gasteiger charge is 2.51. The van der Waals surface area contributed by atoms with Crippen molar-refractivity contribution in [3.63, 3.8) is 0 Å². The number of phosphoric ester groups is 1. The lowest BCUT2D eigenvalue weighted by atomic mass is 9.85. The standard InChI is InChI=1S/C43H81O13P/c1-3-5-7-9-11-13-15-17-18-19-20-22-24-26-28-30-32-37(45)55-35(33-53-36(44)31-29-27-25-23-21-16-14-12-10-8-6-4-2)34-54-57(51,52)56-43-41(49)39(47)38(46)40(48)42(43)50/h18-19,35,38-43,46-50H,3-17,20-34H2,1-2H3,(H,51,52)/b19-18-. The lowest BCUT2D eigenvalue weighted by molar-refractivity contribution is -0.220. The van der Waals surface area contributed by atoms with Crippen molar-refractivity contribution in [3.8, 4) is 0 Å². The second-order valence-corrected chi connectivity index (χ2v) is 17.3. The summed E-state index contributed by atoms with van der Waals surface area (Å²) in [5, 5.41) is 50.1. The number of esters is 2. The molecule has 57 heavy (non-hydrogen) atoms. The van der Waals surface area contributed by atoms with Gasteiger partial charge in [0.05, 0.1) is 6.61 Å². The van der Waals surface area contributed by atoms with E-state index in [1.165, 1.54) is 96.3 Å². The summed E-state index contributed by atoms with van der Waals surface area (Å²) in [4.78, 5) is 35.6. The molecule has 0 spiro atoms. The van der Waals surface area contributed by atoms with Crippen molar-refractivity contribution in [2.75, 3.05) is 13.2 Å². The van der Waals surface area contributed by atoms with Crippen LogP contribution in [0.2, 0.25) is 0 Å². The molecule has 1 rings (SSSR count). The molecular weight excluding hydrogens is 755 g/mol. The van der Waals surface area contributed by atoms with Crippen LogP contribution in [0.25, 0.3) is 0 Å². The minimum atomic E-state index is -5.11. The normalized spacial score (nSPS) is 22.7. The van der Waals surface area contributed by atoms with Crippen molar-refractivity contribution in [2.45, 2.75) is 236 Å². The van der Waals surface area contributed by atoms with Gasteiger partial charge in [-0.2, -0.15) is 0 Å². The predicted octanol–water partition coefficient (Wildman–Crippen LogP) is 8.28. The Labute approximate surface area is 343 Å². The molecule has 1 aliphatic rings. The molecule has 6 N–H and O–H groups in total. The molecule has 336 valence electrons. The average Bonchev–Trinajstić information content (AvgIpc) is 3.19. The number of ether oxygens (including phenoxy) is 2. The van der Waals surface area contributed by atoms with E-state index in [-0.39, 0.29) is 12.8 Å². The Bertz CT molecular complexity index is 1060. The Hall–Kier alpha value is -1.41. The monoisotopic (exact) mass is 837 g/mol. The fraction of sp³-hybridized carbons (Fsp3) is 0.907. The van der Waals surface area contributed by atoms with Crippen LogP contribution in [0, 0.1) is 0 Å². The number of hydrogen-bond acceptors (Lipinski definition) is 12. The van der Waals surface area contributed by atoms with Crippen LogP contribution in [0.1, 0.15) is 194 Å². The summed E-state index contributed by atoms with van der Waals surface area (Å²) in [6.07, 6.45) is 21.3. The fourth-order valence-electron chi connectivity index (χ4n) is 6.93. The van der Waals surface area contributed by atoms with Gasteiger partial charge in [0, 0.05) is 12.8 Å². The van der Waals surface area contributed by atoms with Crippen LogP contribution in [0.3, 0.4) is 0 Å².